The fourth-order valence-corrected chi connectivity index (χ4v) is 4.09. The summed E-state index contributed by atoms with van der Waals surface area (Å²) in [4.78, 5) is 24.2. The number of anilines is 2. The van der Waals surface area contributed by atoms with E-state index in [2.05, 4.69) is 22.2 Å². The Labute approximate surface area is 174 Å². The van der Waals surface area contributed by atoms with E-state index in [1.54, 1.807) is 0 Å². The Balaban J connectivity index is 1.83. The van der Waals surface area contributed by atoms with E-state index in [0.717, 1.165) is 37.4 Å². The van der Waals surface area contributed by atoms with Gasteiger partial charge < -0.3 is 10.2 Å². The lowest BCUT2D eigenvalue weighted by Gasteiger charge is -2.35. The van der Waals surface area contributed by atoms with E-state index < -0.39 is 11.6 Å². The van der Waals surface area contributed by atoms with Gasteiger partial charge in [-0.2, -0.15) is 0 Å². The fourth-order valence-electron chi connectivity index (χ4n) is 4.09. The second kappa shape index (κ2) is 8.34. The lowest BCUT2D eigenvalue weighted by molar-refractivity contribution is 0.0609. The van der Waals surface area contributed by atoms with Crippen molar-refractivity contribution in [2.75, 3.05) is 11.9 Å². The molecule has 3 heterocycles. The van der Waals surface area contributed by atoms with E-state index in [9.17, 15) is 13.6 Å². The number of benzene rings is 1. The van der Waals surface area contributed by atoms with Gasteiger partial charge in [-0.15, -0.1) is 0 Å². The summed E-state index contributed by atoms with van der Waals surface area (Å²) >= 11 is 0. The number of hydrogen-bond acceptors (Lipinski definition) is 4. The van der Waals surface area contributed by atoms with Crippen molar-refractivity contribution in [2.45, 2.75) is 45.6 Å². The predicted molar refractivity (Wildman–Crippen MR) is 113 cm³/mol. The number of carbonyl (C=O) groups excluding carboxylic acids is 1. The van der Waals surface area contributed by atoms with Gasteiger partial charge in [-0.25, -0.2) is 18.7 Å². The Morgan fingerprint density at radius 1 is 1.20 bits per heavy atom. The van der Waals surface area contributed by atoms with Crippen molar-refractivity contribution in [1.29, 1.82) is 0 Å². The molecule has 0 saturated carbocycles. The molecular formula is C23H24F2N4O. The van der Waals surface area contributed by atoms with Crippen LogP contribution in [-0.4, -0.2) is 33.4 Å². The molecule has 7 heteroatoms. The zero-order valence-electron chi connectivity index (χ0n) is 17.1. The molecule has 1 aliphatic heterocycles. The van der Waals surface area contributed by atoms with Gasteiger partial charge in [0.1, 0.15) is 11.6 Å². The van der Waals surface area contributed by atoms with Gasteiger partial charge in [0.2, 0.25) is 0 Å². The highest BCUT2D eigenvalue weighted by Crippen LogP contribution is 2.32. The smallest absolute Gasteiger partial charge is 0.257 e. The number of hydrogen-bond donors (Lipinski definition) is 1. The largest absolute Gasteiger partial charge is 0.354 e. The molecule has 2 aromatic heterocycles. The summed E-state index contributed by atoms with van der Waals surface area (Å²) in [6.45, 7) is 4.63. The third-order valence-electron chi connectivity index (χ3n) is 5.59. The molecule has 1 aromatic carbocycles. The van der Waals surface area contributed by atoms with Crippen molar-refractivity contribution >= 4 is 28.3 Å². The van der Waals surface area contributed by atoms with Gasteiger partial charge in [0.25, 0.3) is 5.91 Å². The third kappa shape index (κ3) is 3.97. The number of rotatable bonds is 4. The number of carbonyl (C=O) groups is 1. The quantitative estimate of drug-likeness (QED) is 0.629. The van der Waals surface area contributed by atoms with Crippen molar-refractivity contribution < 1.29 is 13.6 Å². The first kappa shape index (κ1) is 20.2. The lowest BCUT2D eigenvalue weighted by atomic mass is 9.98. The molecule has 30 heavy (non-hydrogen) atoms. The number of nitrogens with one attached hydrogen (secondary N) is 1. The molecule has 4 rings (SSSR count). The van der Waals surface area contributed by atoms with Crippen LogP contribution in [0.2, 0.25) is 0 Å². The van der Waals surface area contributed by atoms with E-state index in [-0.39, 0.29) is 17.6 Å². The van der Waals surface area contributed by atoms with Crippen LogP contribution in [-0.2, 0) is 0 Å². The van der Waals surface area contributed by atoms with Crippen LogP contribution >= 0.6 is 0 Å². The summed E-state index contributed by atoms with van der Waals surface area (Å²) in [5, 5.41) is 3.69. The van der Waals surface area contributed by atoms with Crippen molar-refractivity contribution in [2.24, 2.45) is 0 Å². The topological polar surface area (TPSA) is 58.1 Å². The summed E-state index contributed by atoms with van der Waals surface area (Å²) in [5.41, 5.74) is 2.32. The summed E-state index contributed by atoms with van der Waals surface area (Å²) in [5.74, 6) is -1.52. The van der Waals surface area contributed by atoms with Gasteiger partial charge in [-0.05, 0) is 56.9 Å². The standard InChI is InChI=1S/C23H24F2N4O/c1-3-18-6-4-5-9-29(18)23(30)20-13-26-22-19(8-7-14(2)27-22)21(20)28-17-11-15(24)10-16(25)12-17/h7-8,10-13,18H,3-6,9H2,1-2H3,(H,26,27,28). The Kier molecular flexibility index (Phi) is 5.61. The van der Waals surface area contributed by atoms with Gasteiger partial charge in [0.05, 0.1) is 11.3 Å². The summed E-state index contributed by atoms with van der Waals surface area (Å²) < 4.78 is 27.5. The molecule has 1 unspecified atom stereocenters. The number of fused-ring (bicyclic) bond motifs is 1. The molecule has 156 valence electrons. The van der Waals surface area contributed by atoms with Gasteiger partial charge >= 0.3 is 0 Å². The second-order valence-corrected chi connectivity index (χ2v) is 7.71. The highest BCUT2D eigenvalue weighted by atomic mass is 19.1. The van der Waals surface area contributed by atoms with E-state index in [1.165, 1.54) is 18.3 Å². The maximum atomic E-state index is 13.8. The molecule has 3 aromatic rings. The molecule has 5 nitrogen and oxygen atoms in total. The van der Waals surface area contributed by atoms with Crippen LogP contribution in [0.3, 0.4) is 0 Å². The van der Waals surface area contributed by atoms with Crippen LogP contribution in [0.4, 0.5) is 20.2 Å². The first-order valence-electron chi connectivity index (χ1n) is 10.3. The van der Waals surface area contributed by atoms with Gasteiger partial charge in [-0.1, -0.05) is 6.92 Å². The van der Waals surface area contributed by atoms with E-state index in [1.807, 2.05) is 24.0 Å². The number of aryl methyl sites for hydroxylation is 1. The van der Waals surface area contributed by atoms with Gasteiger partial charge in [0.15, 0.2) is 5.65 Å². The highest BCUT2D eigenvalue weighted by molar-refractivity contribution is 6.07. The summed E-state index contributed by atoms with van der Waals surface area (Å²) in [6.07, 6.45) is 5.43. The zero-order chi connectivity index (χ0) is 21.3. The Morgan fingerprint density at radius 3 is 2.70 bits per heavy atom. The maximum absolute atomic E-state index is 13.8. The molecule has 0 aliphatic carbocycles. The molecule has 1 amide bonds. The van der Waals surface area contributed by atoms with Gasteiger partial charge in [-0.3, -0.25) is 4.79 Å². The molecular weight excluding hydrogens is 386 g/mol. The third-order valence-corrected chi connectivity index (χ3v) is 5.59. The van der Waals surface area contributed by atoms with Crippen molar-refractivity contribution in [3.8, 4) is 0 Å². The average Bonchev–Trinajstić information content (AvgIpc) is 2.72. The van der Waals surface area contributed by atoms with Crippen molar-refractivity contribution in [3.05, 3.63) is 59.4 Å². The maximum Gasteiger partial charge on any atom is 0.257 e. The number of amides is 1. The zero-order valence-corrected chi connectivity index (χ0v) is 17.1. The minimum atomic E-state index is -0.695. The predicted octanol–water partition coefficient (Wildman–Crippen LogP) is 5.36. The van der Waals surface area contributed by atoms with Crippen LogP contribution in [0.15, 0.2) is 36.5 Å². The van der Waals surface area contributed by atoms with Crippen LogP contribution < -0.4 is 5.32 Å². The molecule has 0 radical (unpaired) electrons. The van der Waals surface area contributed by atoms with E-state index >= 15 is 0 Å². The number of halogens is 2. The molecule has 1 saturated heterocycles. The molecule has 1 fully saturated rings. The fraction of sp³-hybridized carbons (Fsp3) is 0.348. The number of piperidine rings is 1. The Morgan fingerprint density at radius 2 is 1.97 bits per heavy atom. The lowest BCUT2D eigenvalue weighted by Crippen LogP contribution is -2.43. The monoisotopic (exact) mass is 410 g/mol. The van der Waals surface area contributed by atoms with Crippen LogP contribution in [0.25, 0.3) is 11.0 Å². The van der Waals surface area contributed by atoms with Crippen LogP contribution in [0.1, 0.15) is 48.7 Å². The first-order chi connectivity index (χ1) is 14.5. The summed E-state index contributed by atoms with van der Waals surface area (Å²) in [6, 6.07) is 7.03. The summed E-state index contributed by atoms with van der Waals surface area (Å²) in [7, 11) is 0. The molecule has 0 bridgehead atoms. The Hall–Kier alpha value is -3.09. The molecule has 0 spiro atoms. The number of pyridine rings is 2. The highest BCUT2D eigenvalue weighted by Gasteiger charge is 2.29. The van der Waals surface area contributed by atoms with Gasteiger partial charge in [0, 0.05) is 41.6 Å². The van der Waals surface area contributed by atoms with E-state index in [0.29, 0.717) is 28.8 Å². The average molecular weight is 410 g/mol. The Bertz CT molecular complexity index is 1080. The van der Waals surface area contributed by atoms with E-state index in [4.69, 9.17) is 0 Å². The van der Waals surface area contributed by atoms with Crippen LogP contribution in [0, 0.1) is 18.6 Å². The van der Waals surface area contributed by atoms with Crippen molar-refractivity contribution in [1.82, 2.24) is 14.9 Å². The molecule has 1 atom stereocenters. The number of likely N-dealkylation sites (tertiary alicyclic amines) is 1. The minimum absolute atomic E-state index is 0.129. The SMILES string of the molecule is CCC1CCCCN1C(=O)c1cnc2nc(C)ccc2c1Nc1cc(F)cc(F)c1. The van der Waals surface area contributed by atoms with Crippen LogP contribution in [0.5, 0.6) is 0 Å². The number of nitrogens with zero attached hydrogens (tertiary/aromatic N) is 3. The molecule has 1 N–H and O–H groups in total. The first-order valence-corrected chi connectivity index (χ1v) is 10.3. The second-order valence-electron chi connectivity index (χ2n) is 7.71. The minimum Gasteiger partial charge on any atom is -0.354 e. The van der Waals surface area contributed by atoms with Crippen molar-refractivity contribution in [3.63, 3.8) is 0 Å². The number of aromatic nitrogens is 2. The normalized spacial score (nSPS) is 16.7. The molecule has 1 aliphatic rings.